The molecule has 0 aromatic heterocycles. The van der Waals surface area contributed by atoms with Crippen LogP contribution in [0.15, 0.2) is 36.4 Å². The van der Waals surface area contributed by atoms with Gasteiger partial charge in [0.05, 0.1) is 6.10 Å². The first-order chi connectivity index (χ1) is 11.5. The van der Waals surface area contributed by atoms with Gasteiger partial charge in [-0.05, 0) is 62.3 Å². The predicted octanol–water partition coefficient (Wildman–Crippen LogP) is 4.29. The van der Waals surface area contributed by atoms with Crippen LogP contribution in [-0.2, 0) is 6.42 Å². The Hall–Kier alpha value is -1.32. The van der Waals surface area contributed by atoms with Crippen LogP contribution >= 0.6 is 0 Å². The summed E-state index contributed by atoms with van der Waals surface area (Å²) in [6, 6.07) is 7.22. The van der Waals surface area contributed by atoms with Gasteiger partial charge in [0.15, 0.2) is 0 Å². The Kier molecular flexibility index (Phi) is 9.73. The van der Waals surface area contributed by atoms with Gasteiger partial charge >= 0.3 is 0 Å². The van der Waals surface area contributed by atoms with Gasteiger partial charge in [-0.3, -0.25) is 0 Å². The lowest BCUT2D eigenvalue weighted by molar-refractivity contribution is 0.122. The third-order valence-electron chi connectivity index (χ3n) is 4.79. The Morgan fingerprint density at radius 3 is 2.42 bits per heavy atom. The smallest absolute Gasteiger partial charge is 0.115 e. The molecule has 3 nitrogen and oxygen atoms in total. The van der Waals surface area contributed by atoms with Crippen molar-refractivity contribution in [2.24, 2.45) is 11.8 Å². The second-order valence-corrected chi connectivity index (χ2v) is 7.06. The molecule has 136 valence electrons. The molecule has 0 aliphatic carbocycles. The minimum atomic E-state index is -0.377. The van der Waals surface area contributed by atoms with Crippen molar-refractivity contribution in [3.05, 3.63) is 42.0 Å². The Morgan fingerprint density at radius 1 is 1.17 bits per heavy atom. The third kappa shape index (κ3) is 7.98. The van der Waals surface area contributed by atoms with Gasteiger partial charge in [0.2, 0.25) is 0 Å². The average molecular weight is 334 g/mol. The zero-order chi connectivity index (χ0) is 17.9. The minimum absolute atomic E-state index is 0.0282. The summed E-state index contributed by atoms with van der Waals surface area (Å²) in [5.41, 5.74) is 1.11. The second kappa shape index (κ2) is 11.3. The van der Waals surface area contributed by atoms with Gasteiger partial charge in [0.1, 0.15) is 5.75 Å². The van der Waals surface area contributed by atoms with E-state index in [-0.39, 0.29) is 17.9 Å². The molecule has 4 unspecified atom stereocenters. The predicted molar refractivity (Wildman–Crippen MR) is 102 cm³/mol. The minimum Gasteiger partial charge on any atom is -0.508 e. The molecular formula is C21H35NO2. The largest absolute Gasteiger partial charge is 0.508 e. The molecule has 0 bridgehead atoms. The van der Waals surface area contributed by atoms with Crippen molar-refractivity contribution in [3.8, 4) is 5.75 Å². The van der Waals surface area contributed by atoms with Crippen LogP contribution in [0.2, 0.25) is 0 Å². The summed E-state index contributed by atoms with van der Waals surface area (Å²) < 4.78 is 0. The van der Waals surface area contributed by atoms with Crippen molar-refractivity contribution in [1.29, 1.82) is 0 Å². The average Bonchev–Trinajstić information content (AvgIpc) is 2.57. The van der Waals surface area contributed by atoms with Gasteiger partial charge in [-0.2, -0.15) is 0 Å². The Balaban J connectivity index is 2.38. The maximum atomic E-state index is 10.4. The summed E-state index contributed by atoms with van der Waals surface area (Å²) in [7, 11) is 1.89. The number of likely N-dealkylation sites (N-methyl/N-ethyl adjacent to an activating group) is 1. The Labute approximate surface area is 147 Å². The highest BCUT2D eigenvalue weighted by atomic mass is 16.3. The zero-order valence-corrected chi connectivity index (χ0v) is 15.7. The van der Waals surface area contributed by atoms with E-state index < -0.39 is 0 Å². The third-order valence-corrected chi connectivity index (χ3v) is 4.79. The van der Waals surface area contributed by atoms with E-state index in [2.05, 4.69) is 38.2 Å². The molecule has 0 saturated heterocycles. The molecule has 0 amide bonds. The number of hydrogen-bond acceptors (Lipinski definition) is 3. The SMILES string of the molecule is CCC(C)CC(C)/C=C/CCC(O)C(Cc1ccc(O)cc1)NC. The van der Waals surface area contributed by atoms with Gasteiger partial charge in [0, 0.05) is 6.04 Å². The molecule has 0 aliphatic heterocycles. The second-order valence-electron chi connectivity index (χ2n) is 7.06. The molecule has 4 atom stereocenters. The van der Waals surface area contributed by atoms with E-state index in [4.69, 9.17) is 0 Å². The van der Waals surface area contributed by atoms with Gasteiger partial charge in [-0.25, -0.2) is 0 Å². The number of aliphatic hydroxyl groups is 1. The molecule has 1 aromatic carbocycles. The van der Waals surface area contributed by atoms with E-state index in [1.807, 2.05) is 19.2 Å². The van der Waals surface area contributed by atoms with E-state index >= 15 is 0 Å². The first-order valence-corrected chi connectivity index (χ1v) is 9.26. The van der Waals surface area contributed by atoms with Gasteiger partial charge in [0.25, 0.3) is 0 Å². The summed E-state index contributed by atoms with van der Waals surface area (Å²) in [6.07, 6.45) is 9.00. The summed E-state index contributed by atoms with van der Waals surface area (Å²) in [6.45, 7) is 6.80. The summed E-state index contributed by atoms with van der Waals surface area (Å²) >= 11 is 0. The fraction of sp³-hybridized carbons (Fsp3) is 0.619. The van der Waals surface area contributed by atoms with E-state index in [9.17, 15) is 10.2 Å². The van der Waals surface area contributed by atoms with Crippen molar-refractivity contribution in [2.75, 3.05) is 7.05 Å². The van der Waals surface area contributed by atoms with Crippen LogP contribution < -0.4 is 5.32 Å². The maximum Gasteiger partial charge on any atom is 0.115 e. The van der Waals surface area contributed by atoms with Crippen LogP contribution in [0.1, 0.15) is 52.0 Å². The maximum absolute atomic E-state index is 10.4. The standard InChI is InChI=1S/C21H35NO2/c1-5-16(2)14-17(3)8-6-7-9-21(24)20(22-4)15-18-10-12-19(23)13-11-18/h6,8,10-13,16-17,20-24H,5,7,9,14-15H2,1-4H3/b8-6+. The van der Waals surface area contributed by atoms with Gasteiger partial charge in [-0.1, -0.05) is 51.5 Å². The lowest BCUT2D eigenvalue weighted by atomic mass is 9.94. The first kappa shape index (κ1) is 20.7. The highest BCUT2D eigenvalue weighted by Crippen LogP contribution is 2.17. The number of nitrogens with one attached hydrogen (secondary N) is 1. The molecular weight excluding hydrogens is 298 g/mol. The highest BCUT2D eigenvalue weighted by molar-refractivity contribution is 5.26. The first-order valence-electron chi connectivity index (χ1n) is 9.26. The number of aromatic hydroxyl groups is 1. The number of phenols is 1. The fourth-order valence-electron chi connectivity index (χ4n) is 2.99. The van der Waals surface area contributed by atoms with E-state index in [0.29, 0.717) is 5.92 Å². The van der Waals surface area contributed by atoms with Gasteiger partial charge in [-0.15, -0.1) is 0 Å². The zero-order valence-electron chi connectivity index (χ0n) is 15.7. The summed E-state index contributed by atoms with van der Waals surface area (Å²) in [5.74, 6) is 1.65. The lowest BCUT2D eigenvalue weighted by Gasteiger charge is -2.22. The molecule has 0 heterocycles. The summed E-state index contributed by atoms with van der Waals surface area (Å²) in [5, 5.41) is 23.0. The molecule has 0 fully saturated rings. The Bertz CT molecular complexity index is 469. The van der Waals surface area contributed by atoms with Crippen LogP contribution in [0, 0.1) is 11.8 Å². The highest BCUT2D eigenvalue weighted by Gasteiger charge is 2.17. The van der Waals surface area contributed by atoms with Crippen LogP contribution in [0.4, 0.5) is 0 Å². The molecule has 0 aliphatic rings. The van der Waals surface area contributed by atoms with Crippen LogP contribution in [0.5, 0.6) is 5.75 Å². The Morgan fingerprint density at radius 2 is 1.83 bits per heavy atom. The van der Waals surface area contributed by atoms with Crippen LogP contribution in [0.25, 0.3) is 0 Å². The number of aliphatic hydroxyl groups excluding tert-OH is 1. The van der Waals surface area contributed by atoms with Crippen molar-refractivity contribution in [2.45, 2.75) is 65.0 Å². The number of hydrogen-bond donors (Lipinski definition) is 3. The number of rotatable bonds is 11. The number of phenolic OH excluding ortho intramolecular Hbond substituents is 1. The molecule has 0 saturated carbocycles. The fourth-order valence-corrected chi connectivity index (χ4v) is 2.99. The van der Waals surface area contributed by atoms with Crippen molar-refractivity contribution in [1.82, 2.24) is 5.32 Å². The van der Waals surface area contributed by atoms with Gasteiger partial charge < -0.3 is 15.5 Å². The van der Waals surface area contributed by atoms with Crippen LogP contribution in [0.3, 0.4) is 0 Å². The molecule has 1 rings (SSSR count). The molecule has 3 N–H and O–H groups in total. The number of benzene rings is 1. The van der Waals surface area contributed by atoms with E-state index in [1.54, 1.807) is 12.1 Å². The van der Waals surface area contributed by atoms with Crippen molar-refractivity contribution < 1.29 is 10.2 Å². The molecule has 3 heteroatoms. The normalized spacial score (nSPS) is 16.9. The molecule has 0 spiro atoms. The molecule has 1 aromatic rings. The quantitative estimate of drug-likeness (QED) is 0.529. The summed E-state index contributed by atoms with van der Waals surface area (Å²) in [4.78, 5) is 0. The van der Waals surface area contributed by atoms with Crippen molar-refractivity contribution >= 4 is 0 Å². The molecule has 0 radical (unpaired) electrons. The molecule has 24 heavy (non-hydrogen) atoms. The van der Waals surface area contributed by atoms with Crippen molar-refractivity contribution in [3.63, 3.8) is 0 Å². The van der Waals surface area contributed by atoms with Crippen LogP contribution in [-0.4, -0.2) is 29.4 Å². The lowest BCUT2D eigenvalue weighted by Crippen LogP contribution is -2.39. The number of allylic oxidation sites excluding steroid dienone is 2. The van der Waals surface area contributed by atoms with E-state index in [0.717, 1.165) is 30.7 Å². The topological polar surface area (TPSA) is 52.5 Å². The van der Waals surface area contributed by atoms with E-state index in [1.165, 1.54) is 12.8 Å². The monoisotopic (exact) mass is 333 g/mol.